The third kappa shape index (κ3) is 6.25. The van der Waals surface area contributed by atoms with Crippen LogP contribution in [0.5, 0.6) is 17.2 Å². The van der Waals surface area contributed by atoms with Crippen LogP contribution in [0.3, 0.4) is 0 Å². The predicted molar refractivity (Wildman–Crippen MR) is 130 cm³/mol. The summed E-state index contributed by atoms with van der Waals surface area (Å²) in [4.78, 5) is 25.0. The zero-order chi connectivity index (χ0) is 24.0. The van der Waals surface area contributed by atoms with Gasteiger partial charge in [-0.1, -0.05) is 39.1 Å². The summed E-state index contributed by atoms with van der Waals surface area (Å²) < 4.78 is 16.7. The third-order valence-electron chi connectivity index (χ3n) is 4.34. The minimum Gasteiger partial charge on any atom is -0.493 e. The Morgan fingerprint density at radius 2 is 1.67 bits per heavy atom. The summed E-state index contributed by atoms with van der Waals surface area (Å²) in [5.41, 5.74) is 3.31. The Hall–Kier alpha value is -3.07. The molecule has 0 saturated carbocycles. The molecule has 0 heterocycles. The molecule has 0 fully saturated rings. The van der Waals surface area contributed by atoms with E-state index in [0.29, 0.717) is 22.1 Å². The molecular weight excluding hydrogens is 535 g/mol. The maximum atomic E-state index is 12.7. The Bertz CT molecular complexity index is 1230. The highest BCUT2D eigenvalue weighted by atomic mass is 79.9. The van der Waals surface area contributed by atoms with Gasteiger partial charge in [0.1, 0.15) is 5.75 Å². The van der Waals surface area contributed by atoms with Crippen molar-refractivity contribution in [1.29, 1.82) is 0 Å². The first kappa shape index (κ1) is 24.6. The van der Waals surface area contributed by atoms with Gasteiger partial charge in [0.25, 0.3) is 5.91 Å². The van der Waals surface area contributed by atoms with Gasteiger partial charge < -0.3 is 14.2 Å². The van der Waals surface area contributed by atoms with E-state index in [1.165, 1.54) is 38.6 Å². The molecule has 3 aromatic carbocycles. The van der Waals surface area contributed by atoms with E-state index in [9.17, 15) is 9.59 Å². The van der Waals surface area contributed by atoms with E-state index in [0.717, 1.165) is 4.47 Å². The number of hydrogen-bond donors (Lipinski definition) is 1. The second kappa shape index (κ2) is 11.2. The lowest BCUT2D eigenvalue weighted by Crippen LogP contribution is -2.18. The van der Waals surface area contributed by atoms with Crippen LogP contribution in [0, 0.1) is 0 Å². The standard InChI is InChI=1S/C23H17BrCl2N2O5/c1-31-20-7-3-13(10-21(20)32-2)23(30)33-19-8-4-15(24)9-14(19)12-27-28-22(29)17-6-5-16(25)11-18(17)26/h3-12H,1-2H3,(H,28,29)/b27-12-. The second-order valence-electron chi connectivity index (χ2n) is 6.46. The zero-order valence-electron chi connectivity index (χ0n) is 17.4. The first-order valence-corrected chi connectivity index (χ1v) is 10.9. The number of amides is 1. The summed E-state index contributed by atoms with van der Waals surface area (Å²) >= 11 is 15.3. The number of nitrogens with zero attached hydrogens (tertiary/aromatic N) is 1. The molecule has 1 N–H and O–H groups in total. The van der Waals surface area contributed by atoms with Gasteiger partial charge in [-0.3, -0.25) is 4.79 Å². The molecule has 0 atom stereocenters. The first-order chi connectivity index (χ1) is 15.8. The van der Waals surface area contributed by atoms with Crippen molar-refractivity contribution in [3.8, 4) is 17.2 Å². The summed E-state index contributed by atoms with van der Waals surface area (Å²) in [6.45, 7) is 0. The molecule has 0 saturated heterocycles. The van der Waals surface area contributed by atoms with E-state index < -0.39 is 11.9 Å². The Labute approximate surface area is 208 Å². The number of halogens is 3. The highest BCUT2D eigenvalue weighted by molar-refractivity contribution is 9.10. The van der Waals surface area contributed by atoms with E-state index in [4.69, 9.17) is 37.4 Å². The average Bonchev–Trinajstić information content (AvgIpc) is 2.80. The largest absolute Gasteiger partial charge is 0.493 e. The average molecular weight is 552 g/mol. The molecule has 0 radical (unpaired) electrons. The summed E-state index contributed by atoms with van der Waals surface area (Å²) in [5.74, 6) is -0.00707. The third-order valence-corrected chi connectivity index (χ3v) is 5.38. The lowest BCUT2D eigenvalue weighted by molar-refractivity contribution is 0.0733. The SMILES string of the molecule is COc1ccc(C(=O)Oc2ccc(Br)cc2/C=N\NC(=O)c2ccc(Cl)cc2Cl)cc1OC. The predicted octanol–water partition coefficient (Wildman–Crippen LogP) is 5.76. The summed E-state index contributed by atoms with van der Waals surface area (Å²) in [6.07, 6.45) is 1.35. The number of hydrazone groups is 1. The van der Waals surface area contributed by atoms with Crippen LogP contribution in [-0.2, 0) is 0 Å². The lowest BCUT2D eigenvalue weighted by Gasteiger charge is -2.11. The minimum absolute atomic E-state index is 0.196. The van der Waals surface area contributed by atoms with Gasteiger partial charge in [0.2, 0.25) is 0 Å². The molecule has 1 amide bonds. The maximum Gasteiger partial charge on any atom is 0.343 e. The number of benzene rings is 3. The molecule has 7 nitrogen and oxygen atoms in total. The zero-order valence-corrected chi connectivity index (χ0v) is 20.5. The maximum absolute atomic E-state index is 12.7. The van der Waals surface area contributed by atoms with E-state index >= 15 is 0 Å². The van der Waals surface area contributed by atoms with Gasteiger partial charge in [0, 0.05) is 15.1 Å². The lowest BCUT2D eigenvalue weighted by atomic mass is 10.2. The molecule has 0 aliphatic carbocycles. The highest BCUT2D eigenvalue weighted by Gasteiger charge is 2.15. The summed E-state index contributed by atoms with van der Waals surface area (Å²) in [7, 11) is 2.98. The van der Waals surface area contributed by atoms with Crippen molar-refractivity contribution in [2.75, 3.05) is 14.2 Å². The molecule has 33 heavy (non-hydrogen) atoms. The molecule has 0 unspecified atom stereocenters. The normalized spacial score (nSPS) is 10.7. The monoisotopic (exact) mass is 550 g/mol. The summed E-state index contributed by atoms with van der Waals surface area (Å²) in [6, 6.07) is 14.2. The number of rotatable bonds is 7. The molecule has 0 aliphatic rings. The van der Waals surface area contributed by atoms with Gasteiger partial charge in [-0.05, 0) is 54.6 Å². The van der Waals surface area contributed by atoms with Crippen molar-refractivity contribution in [3.05, 3.63) is 85.8 Å². The van der Waals surface area contributed by atoms with Crippen LogP contribution >= 0.6 is 39.1 Å². The number of carbonyl (C=O) groups excluding carboxylic acids is 2. The van der Waals surface area contributed by atoms with Crippen LogP contribution in [0.1, 0.15) is 26.3 Å². The number of nitrogens with one attached hydrogen (secondary N) is 1. The van der Waals surface area contributed by atoms with E-state index in [1.807, 2.05) is 0 Å². The van der Waals surface area contributed by atoms with Crippen LogP contribution in [0.4, 0.5) is 0 Å². The van der Waals surface area contributed by atoms with Crippen molar-refractivity contribution >= 4 is 57.2 Å². The van der Waals surface area contributed by atoms with Gasteiger partial charge in [0.05, 0.1) is 36.6 Å². The molecular formula is C23H17BrCl2N2O5. The number of esters is 1. The number of hydrogen-bond acceptors (Lipinski definition) is 6. The van der Waals surface area contributed by atoms with Crippen LogP contribution < -0.4 is 19.6 Å². The fourth-order valence-electron chi connectivity index (χ4n) is 2.73. The van der Waals surface area contributed by atoms with Crippen LogP contribution in [0.15, 0.2) is 64.2 Å². The van der Waals surface area contributed by atoms with Crippen molar-refractivity contribution in [1.82, 2.24) is 5.43 Å². The van der Waals surface area contributed by atoms with Gasteiger partial charge in [-0.25, -0.2) is 10.2 Å². The topological polar surface area (TPSA) is 86.2 Å². The molecule has 0 spiro atoms. The summed E-state index contributed by atoms with van der Waals surface area (Å²) in [5, 5.41) is 4.56. The van der Waals surface area contributed by atoms with Crippen molar-refractivity contribution in [2.45, 2.75) is 0 Å². The van der Waals surface area contributed by atoms with E-state index in [1.54, 1.807) is 36.4 Å². The minimum atomic E-state index is -0.607. The van der Waals surface area contributed by atoms with Crippen LogP contribution in [0.25, 0.3) is 0 Å². The smallest absolute Gasteiger partial charge is 0.343 e. The fraction of sp³-hybridized carbons (Fsp3) is 0.0870. The quantitative estimate of drug-likeness (QED) is 0.175. The van der Waals surface area contributed by atoms with Crippen molar-refractivity contribution < 1.29 is 23.8 Å². The Morgan fingerprint density at radius 3 is 2.36 bits per heavy atom. The molecule has 10 heteroatoms. The van der Waals surface area contributed by atoms with Crippen molar-refractivity contribution in [2.24, 2.45) is 5.10 Å². The Balaban J connectivity index is 1.77. The van der Waals surface area contributed by atoms with Gasteiger partial charge in [0.15, 0.2) is 11.5 Å². The molecule has 3 aromatic rings. The van der Waals surface area contributed by atoms with E-state index in [2.05, 4.69) is 26.5 Å². The first-order valence-electron chi connectivity index (χ1n) is 9.34. The Kier molecular flexibility index (Phi) is 8.32. The van der Waals surface area contributed by atoms with Crippen molar-refractivity contribution in [3.63, 3.8) is 0 Å². The number of methoxy groups -OCH3 is 2. The van der Waals surface area contributed by atoms with Gasteiger partial charge >= 0.3 is 5.97 Å². The molecule has 0 aliphatic heterocycles. The van der Waals surface area contributed by atoms with Crippen LogP contribution in [-0.4, -0.2) is 32.3 Å². The van der Waals surface area contributed by atoms with E-state index in [-0.39, 0.29) is 21.9 Å². The molecule has 0 aromatic heterocycles. The second-order valence-corrected chi connectivity index (χ2v) is 8.22. The van der Waals surface area contributed by atoms with Crippen LogP contribution in [0.2, 0.25) is 10.0 Å². The Morgan fingerprint density at radius 1 is 0.939 bits per heavy atom. The molecule has 3 rings (SSSR count). The van der Waals surface area contributed by atoms with Gasteiger partial charge in [-0.2, -0.15) is 5.10 Å². The fourth-order valence-corrected chi connectivity index (χ4v) is 3.60. The number of carbonyl (C=O) groups is 2. The molecule has 170 valence electrons. The van der Waals surface area contributed by atoms with Gasteiger partial charge in [-0.15, -0.1) is 0 Å². The molecule has 0 bridgehead atoms. The number of ether oxygens (including phenoxy) is 3. The highest BCUT2D eigenvalue weighted by Crippen LogP contribution is 2.29.